The largest absolute Gasteiger partial charge is 0.484 e. The van der Waals surface area contributed by atoms with Crippen LogP contribution in [0.15, 0.2) is 48.5 Å². The molecule has 1 aliphatic heterocycles. The molecule has 0 saturated carbocycles. The minimum Gasteiger partial charge on any atom is -0.484 e. The molecule has 0 spiro atoms. The standard InChI is InChI=1S/C23H30N4O3/c1-26(2)23(29)17-30-21-8-6-7-19(15-21)24-16-22(28)25-18-9-11-20(12-10-18)27-13-4-3-5-14-27/h6-12,15,24H,3-5,13-14,16-17H2,1-2H3,(H,25,28). The highest BCUT2D eigenvalue weighted by Gasteiger charge is 2.11. The van der Waals surface area contributed by atoms with Gasteiger partial charge in [-0.2, -0.15) is 0 Å². The third-order valence-electron chi connectivity index (χ3n) is 5.02. The summed E-state index contributed by atoms with van der Waals surface area (Å²) in [7, 11) is 3.37. The molecule has 1 aliphatic rings. The summed E-state index contributed by atoms with van der Waals surface area (Å²) in [5.74, 6) is 0.331. The molecule has 2 N–H and O–H groups in total. The lowest BCUT2D eigenvalue weighted by atomic mass is 10.1. The Hall–Kier alpha value is -3.22. The first kappa shape index (κ1) is 21.5. The second kappa shape index (κ2) is 10.5. The fourth-order valence-corrected chi connectivity index (χ4v) is 3.27. The van der Waals surface area contributed by atoms with Gasteiger partial charge in [0.1, 0.15) is 5.75 Å². The first-order valence-electron chi connectivity index (χ1n) is 10.3. The number of nitrogens with zero attached hydrogens (tertiary/aromatic N) is 2. The summed E-state index contributed by atoms with van der Waals surface area (Å²) in [4.78, 5) is 27.8. The van der Waals surface area contributed by atoms with Gasteiger partial charge in [-0.25, -0.2) is 0 Å². The van der Waals surface area contributed by atoms with Gasteiger partial charge in [0.05, 0.1) is 6.54 Å². The second-order valence-electron chi connectivity index (χ2n) is 7.60. The van der Waals surface area contributed by atoms with E-state index < -0.39 is 0 Å². The van der Waals surface area contributed by atoms with Crippen LogP contribution in [-0.2, 0) is 9.59 Å². The molecule has 30 heavy (non-hydrogen) atoms. The Balaban J connectivity index is 1.46. The van der Waals surface area contributed by atoms with Crippen LogP contribution >= 0.6 is 0 Å². The maximum Gasteiger partial charge on any atom is 0.259 e. The van der Waals surface area contributed by atoms with E-state index in [1.807, 2.05) is 24.3 Å². The molecule has 0 bridgehead atoms. The van der Waals surface area contributed by atoms with Crippen LogP contribution < -0.4 is 20.3 Å². The summed E-state index contributed by atoms with van der Waals surface area (Å²) in [5.41, 5.74) is 2.73. The zero-order valence-corrected chi connectivity index (χ0v) is 17.7. The normalized spacial score (nSPS) is 13.5. The number of carbonyl (C=O) groups is 2. The quantitative estimate of drug-likeness (QED) is 0.699. The molecule has 2 amide bonds. The monoisotopic (exact) mass is 410 g/mol. The number of anilines is 3. The van der Waals surface area contributed by atoms with Crippen molar-refractivity contribution in [3.8, 4) is 5.75 Å². The van der Waals surface area contributed by atoms with Crippen LogP contribution in [-0.4, -0.2) is 57.1 Å². The van der Waals surface area contributed by atoms with Gasteiger partial charge in [-0.05, 0) is 55.7 Å². The predicted octanol–water partition coefficient (Wildman–Crippen LogP) is 3.19. The van der Waals surface area contributed by atoms with Gasteiger partial charge in [0.2, 0.25) is 5.91 Å². The molecule has 160 valence electrons. The van der Waals surface area contributed by atoms with Gasteiger partial charge < -0.3 is 25.2 Å². The fraction of sp³-hybridized carbons (Fsp3) is 0.391. The molecule has 7 heteroatoms. The van der Waals surface area contributed by atoms with Gasteiger partial charge in [-0.1, -0.05) is 6.07 Å². The number of amides is 2. The Morgan fingerprint density at radius 3 is 2.43 bits per heavy atom. The summed E-state index contributed by atoms with van der Waals surface area (Å²) in [6.07, 6.45) is 3.78. The van der Waals surface area contributed by atoms with E-state index in [0.717, 1.165) is 24.5 Å². The Morgan fingerprint density at radius 1 is 1.00 bits per heavy atom. The SMILES string of the molecule is CN(C)C(=O)COc1cccc(NCC(=O)Nc2ccc(N3CCCCC3)cc2)c1. The van der Waals surface area contributed by atoms with E-state index in [1.165, 1.54) is 29.8 Å². The molecule has 0 atom stereocenters. The van der Waals surface area contributed by atoms with Crippen molar-refractivity contribution < 1.29 is 14.3 Å². The molecule has 0 aromatic heterocycles. The maximum absolute atomic E-state index is 12.3. The molecule has 2 aromatic carbocycles. The first-order chi connectivity index (χ1) is 14.5. The third kappa shape index (κ3) is 6.40. The van der Waals surface area contributed by atoms with Gasteiger partial charge in [-0.3, -0.25) is 9.59 Å². The highest BCUT2D eigenvalue weighted by molar-refractivity contribution is 5.93. The summed E-state index contributed by atoms with van der Waals surface area (Å²) in [5, 5.41) is 5.99. The molecule has 0 radical (unpaired) electrons. The molecule has 0 unspecified atom stereocenters. The number of rotatable bonds is 8. The van der Waals surface area contributed by atoms with Gasteiger partial charge in [0.15, 0.2) is 6.61 Å². The smallest absolute Gasteiger partial charge is 0.259 e. The Labute approximate surface area is 178 Å². The highest BCUT2D eigenvalue weighted by Crippen LogP contribution is 2.22. The van der Waals surface area contributed by atoms with Crippen molar-refractivity contribution in [3.05, 3.63) is 48.5 Å². The first-order valence-corrected chi connectivity index (χ1v) is 10.3. The van der Waals surface area contributed by atoms with Gasteiger partial charge in [0.25, 0.3) is 5.91 Å². The predicted molar refractivity (Wildman–Crippen MR) is 120 cm³/mol. The van der Waals surface area contributed by atoms with Crippen LogP contribution in [0.3, 0.4) is 0 Å². The summed E-state index contributed by atoms with van der Waals surface area (Å²) >= 11 is 0. The number of likely N-dealkylation sites (N-methyl/N-ethyl adjacent to an activating group) is 1. The molecule has 1 saturated heterocycles. The van der Waals surface area contributed by atoms with E-state index in [1.54, 1.807) is 26.2 Å². The molecule has 1 heterocycles. The number of ether oxygens (including phenoxy) is 1. The summed E-state index contributed by atoms with van der Waals surface area (Å²) < 4.78 is 5.50. The number of nitrogens with one attached hydrogen (secondary N) is 2. The number of hydrogen-bond acceptors (Lipinski definition) is 5. The topological polar surface area (TPSA) is 73.9 Å². The molecule has 1 fully saturated rings. The molecule has 3 rings (SSSR count). The number of benzene rings is 2. The molecule has 0 aliphatic carbocycles. The van der Waals surface area contributed by atoms with Crippen LogP contribution in [0.1, 0.15) is 19.3 Å². The van der Waals surface area contributed by atoms with Crippen LogP contribution in [0.5, 0.6) is 5.75 Å². The molecule has 2 aromatic rings. The van der Waals surface area contributed by atoms with Crippen molar-refractivity contribution in [1.82, 2.24) is 4.90 Å². The lowest BCUT2D eigenvalue weighted by Gasteiger charge is -2.28. The van der Waals surface area contributed by atoms with Crippen molar-refractivity contribution >= 4 is 28.9 Å². The third-order valence-corrected chi connectivity index (χ3v) is 5.02. The zero-order valence-electron chi connectivity index (χ0n) is 17.7. The second-order valence-corrected chi connectivity index (χ2v) is 7.60. The average molecular weight is 411 g/mol. The van der Waals surface area contributed by atoms with E-state index in [9.17, 15) is 9.59 Å². The van der Waals surface area contributed by atoms with Crippen LogP contribution in [0.25, 0.3) is 0 Å². The van der Waals surface area contributed by atoms with E-state index >= 15 is 0 Å². The Morgan fingerprint density at radius 2 is 1.73 bits per heavy atom. The lowest BCUT2D eigenvalue weighted by Crippen LogP contribution is -2.29. The van der Waals surface area contributed by atoms with E-state index in [-0.39, 0.29) is 25.0 Å². The van der Waals surface area contributed by atoms with Crippen LogP contribution in [0.4, 0.5) is 17.1 Å². The Bertz CT molecular complexity index is 846. The van der Waals surface area contributed by atoms with Crippen molar-refractivity contribution in [2.75, 3.05) is 55.9 Å². The van der Waals surface area contributed by atoms with Crippen LogP contribution in [0.2, 0.25) is 0 Å². The van der Waals surface area contributed by atoms with Gasteiger partial charge in [0, 0.05) is 50.3 Å². The number of carbonyl (C=O) groups excluding carboxylic acids is 2. The zero-order chi connectivity index (χ0) is 21.3. The summed E-state index contributed by atoms with van der Waals surface area (Å²) in [6.45, 7) is 2.31. The van der Waals surface area contributed by atoms with Crippen molar-refractivity contribution in [2.24, 2.45) is 0 Å². The average Bonchev–Trinajstić information content (AvgIpc) is 2.77. The van der Waals surface area contributed by atoms with E-state index in [4.69, 9.17) is 4.74 Å². The van der Waals surface area contributed by atoms with Crippen molar-refractivity contribution in [3.63, 3.8) is 0 Å². The summed E-state index contributed by atoms with van der Waals surface area (Å²) in [6, 6.07) is 15.2. The molecular weight excluding hydrogens is 380 g/mol. The number of hydrogen-bond donors (Lipinski definition) is 2. The van der Waals surface area contributed by atoms with Crippen LogP contribution in [0, 0.1) is 0 Å². The van der Waals surface area contributed by atoms with E-state index in [2.05, 4.69) is 27.7 Å². The highest BCUT2D eigenvalue weighted by atomic mass is 16.5. The fourth-order valence-electron chi connectivity index (χ4n) is 3.27. The molecule has 7 nitrogen and oxygen atoms in total. The minimum atomic E-state index is -0.130. The number of piperidine rings is 1. The van der Waals surface area contributed by atoms with Crippen molar-refractivity contribution in [1.29, 1.82) is 0 Å². The van der Waals surface area contributed by atoms with Gasteiger partial charge >= 0.3 is 0 Å². The molecular formula is C23H30N4O3. The van der Waals surface area contributed by atoms with Gasteiger partial charge in [-0.15, -0.1) is 0 Å². The maximum atomic E-state index is 12.3. The lowest BCUT2D eigenvalue weighted by molar-refractivity contribution is -0.130. The van der Waals surface area contributed by atoms with E-state index in [0.29, 0.717) is 5.75 Å². The van der Waals surface area contributed by atoms with Crippen molar-refractivity contribution in [2.45, 2.75) is 19.3 Å². The Kier molecular flexibility index (Phi) is 7.54. The minimum absolute atomic E-state index is 0.0234.